The fraction of sp³-hybridized carbons (Fsp3) is 0.615. The summed E-state index contributed by atoms with van der Waals surface area (Å²) in [5, 5.41) is 0. The molecule has 2 heterocycles. The van der Waals surface area contributed by atoms with E-state index in [-0.39, 0.29) is 5.82 Å². The van der Waals surface area contributed by atoms with Gasteiger partial charge in [0.2, 0.25) is 0 Å². The largest absolute Gasteiger partial charge is 0.356 e. The van der Waals surface area contributed by atoms with E-state index in [1.54, 1.807) is 0 Å². The molecule has 1 aliphatic rings. The Labute approximate surface area is 102 Å². The molecule has 0 spiro atoms. The second-order valence-corrected chi connectivity index (χ2v) is 5.19. The van der Waals surface area contributed by atoms with Gasteiger partial charge in [-0.2, -0.15) is 0 Å². The third kappa shape index (κ3) is 2.75. The van der Waals surface area contributed by atoms with Crippen molar-refractivity contribution in [2.75, 3.05) is 18.0 Å². The van der Waals surface area contributed by atoms with Crippen LogP contribution >= 0.6 is 0 Å². The Kier molecular flexibility index (Phi) is 3.62. The van der Waals surface area contributed by atoms with E-state index in [4.69, 9.17) is 5.73 Å². The highest BCUT2D eigenvalue weighted by molar-refractivity contribution is 5.47. The minimum atomic E-state index is -0.313. The van der Waals surface area contributed by atoms with Gasteiger partial charge in [0, 0.05) is 25.2 Å². The third-order valence-corrected chi connectivity index (χ3v) is 3.30. The molecule has 2 rings (SSSR count). The zero-order valence-electron chi connectivity index (χ0n) is 10.5. The van der Waals surface area contributed by atoms with Gasteiger partial charge in [-0.05, 0) is 24.3 Å². The van der Waals surface area contributed by atoms with Crippen LogP contribution in [0.1, 0.15) is 25.8 Å². The van der Waals surface area contributed by atoms with Crippen LogP contribution in [-0.4, -0.2) is 18.1 Å². The topological polar surface area (TPSA) is 42.2 Å². The molecule has 1 aromatic heterocycles. The highest BCUT2D eigenvalue weighted by Crippen LogP contribution is 2.27. The smallest absolute Gasteiger partial charge is 0.141 e. The molecule has 17 heavy (non-hydrogen) atoms. The molecule has 3 nitrogen and oxygen atoms in total. The van der Waals surface area contributed by atoms with Crippen molar-refractivity contribution in [3.63, 3.8) is 0 Å². The molecule has 2 atom stereocenters. The van der Waals surface area contributed by atoms with Crippen molar-refractivity contribution in [3.8, 4) is 0 Å². The zero-order chi connectivity index (χ0) is 12.4. The Hall–Kier alpha value is -1.16. The number of nitrogens with zero attached hydrogens (tertiary/aromatic N) is 2. The van der Waals surface area contributed by atoms with Crippen molar-refractivity contribution in [2.24, 2.45) is 17.6 Å². The number of pyridine rings is 1. The first-order chi connectivity index (χ1) is 8.10. The first-order valence-corrected chi connectivity index (χ1v) is 6.19. The summed E-state index contributed by atoms with van der Waals surface area (Å²) < 4.78 is 13.1. The fourth-order valence-corrected chi connectivity index (χ4v) is 2.74. The third-order valence-electron chi connectivity index (χ3n) is 3.30. The molecule has 1 aromatic rings. The molecule has 0 radical (unpaired) electrons. The van der Waals surface area contributed by atoms with Crippen molar-refractivity contribution in [1.29, 1.82) is 0 Å². The summed E-state index contributed by atoms with van der Waals surface area (Å²) in [6, 6.07) is 1.49. The normalized spacial score (nSPS) is 25.1. The molecule has 94 valence electrons. The van der Waals surface area contributed by atoms with Gasteiger partial charge in [-0.25, -0.2) is 9.37 Å². The molecule has 2 N–H and O–H groups in total. The maximum atomic E-state index is 13.1. The summed E-state index contributed by atoms with van der Waals surface area (Å²) in [4.78, 5) is 6.45. The monoisotopic (exact) mass is 237 g/mol. The van der Waals surface area contributed by atoms with Crippen molar-refractivity contribution >= 4 is 5.82 Å². The molecule has 1 saturated heterocycles. The van der Waals surface area contributed by atoms with Crippen molar-refractivity contribution in [1.82, 2.24) is 4.98 Å². The number of halogens is 1. The van der Waals surface area contributed by atoms with E-state index in [0.717, 1.165) is 24.5 Å². The number of aromatic nitrogens is 1. The van der Waals surface area contributed by atoms with Crippen LogP contribution in [0.3, 0.4) is 0 Å². The SMILES string of the molecule is CC1CC(C)CN(c2ncc(F)cc2CN)C1. The maximum absolute atomic E-state index is 13.1. The Morgan fingerprint density at radius 3 is 2.65 bits per heavy atom. The molecule has 0 aliphatic carbocycles. The second kappa shape index (κ2) is 5.00. The Bertz CT molecular complexity index is 384. The van der Waals surface area contributed by atoms with Gasteiger partial charge < -0.3 is 10.6 Å². The highest BCUT2D eigenvalue weighted by Gasteiger charge is 2.24. The van der Waals surface area contributed by atoms with Gasteiger partial charge in [0.1, 0.15) is 11.6 Å². The Morgan fingerprint density at radius 1 is 1.41 bits per heavy atom. The second-order valence-electron chi connectivity index (χ2n) is 5.19. The molecule has 0 saturated carbocycles. The molecular weight excluding hydrogens is 217 g/mol. The molecule has 2 unspecified atom stereocenters. The van der Waals surface area contributed by atoms with E-state index in [0.29, 0.717) is 18.4 Å². The Balaban J connectivity index is 2.26. The molecule has 0 amide bonds. The lowest BCUT2D eigenvalue weighted by atomic mass is 9.91. The average molecular weight is 237 g/mol. The Morgan fingerprint density at radius 2 is 2.06 bits per heavy atom. The lowest BCUT2D eigenvalue weighted by Gasteiger charge is -2.36. The van der Waals surface area contributed by atoms with Gasteiger partial charge in [0.25, 0.3) is 0 Å². The van der Waals surface area contributed by atoms with E-state index < -0.39 is 0 Å². The summed E-state index contributed by atoms with van der Waals surface area (Å²) in [5.74, 6) is 1.84. The van der Waals surface area contributed by atoms with Crippen LogP contribution in [0.15, 0.2) is 12.3 Å². The van der Waals surface area contributed by atoms with Crippen LogP contribution < -0.4 is 10.6 Å². The van der Waals surface area contributed by atoms with Gasteiger partial charge in [0.05, 0.1) is 6.20 Å². The van der Waals surface area contributed by atoms with Gasteiger partial charge in [-0.15, -0.1) is 0 Å². The summed E-state index contributed by atoms with van der Waals surface area (Å²) in [6.45, 7) is 6.79. The molecule has 0 bridgehead atoms. The van der Waals surface area contributed by atoms with Gasteiger partial charge in [0.15, 0.2) is 0 Å². The quantitative estimate of drug-likeness (QED) is 0.857. The number of rotatable bonds is 2. The molecule has 4 heteroatoms. The molecule has 1 fully saturated rings. The molecule has 1 aliphatic heterocycles. The average Bonchev–Trinajstić information content (AvgIpc) is 2.27. The summed E-state index contributed by atoms with van der Waals surface area (Å²) in [6.07, 6.45) is 2.52. The number of nitrogens with two attached hydrogens (primary N) is 1. The summed E-state index contributed by atoms with van der Waals surface area (Å²) in [5.41, 5.74) is 6.46. The van der Waals surface area contributed by atoms with Crippen LogP contribution in [0.5, 0.6) is 0 Å². The van der Waals surface area contributed by atoms with Crippen LogP contribution in [0.2, 0.25) is 0 Å². The number of hydrogen-bond acceptors (Lipinski definition) is 3. The molecular formula is C13H20FN3. The van der Waals surface area contributed by atoms with E-state index in [1.807, 2.05) is 0 Å². The van der Waals surface area contributed by atoms with Gasteiger partial charge >= 0.3 is 0 Å². The summed E-state index contributed by atoms with van der Waals surface area (Å²) >= 11 is 0. The first-order valence-electron chi connectivity index (χ1n) is 6.19. The maximum Gasteiger partial charge on any atom is 0.141 e. The minimum absolute atomic E-state index is 0.313. The predicted molar refractivity (Wildman–Crippen MR) is 67.2 cm³/mol. The standard InChI is InChI=1S/C13H20FN3/c1-9-3-10(2)8-17(7-9)13-11(5-15)4-12(14)6-16-13/h4,6,9-10H,3,5,7-8,15H2,1-2H3. The lowest BCUT2D eigenvalue weighted by molar-refractivity contribution is 0.354. The van der Waals surface area contributed by atoms with Crippen molar-refractivity contribution < 1.29 is 4.39 Å². The predicted octanol–water partition coefficient (Wildman–Crippen LogP) is 2.16. The first kappa shape index (κ1) is 12.3. The minimum Gasteiger partial charge on any atom is -0.356 e. The van der Waals surface area contributed by atoms with Crippen LogP contribution in [0.4, 0.5) is 10.2 Å². The van der Waals surface area contributed by atoms with Crippen LogP contribution in [0, 0.1) is 17.7 Å². The lowest BCUT2D eigenvalue weighted by Crippen LogP contribution is -2.39. The fourth-order valence-electron chi connectivity index (χ4n) is 2.74. The highest BCUT2D eigenvalue weighted by atomic mass is 19.1. The van der Waals surface area contributed by atoms with Crippen molar-refractivity contribution in [2.45, 2.75) is 26.8 Å². The van der Waals surface area contributed by atoms with Gasteiger partial charge in [-0.1, -0.05) is 13.8 Å². The van der Waals surface area contributed by atoms with Crippen LogP contribution in [-0.2, 0) is 6.54 Å². The summed E-state index contributed by atoms with van der Waals surface area (Å²) in [7, 11) is 0. The van der Waals surface area contributed by atoms with Gasteiger partial charge in [-0.3, -0.25) is 0 Å². The zero-order valence-corrected chi connectivity index (χ0v) is 10.5. The number of piperidine rings is 1. The van der Waals surface area contributed by atoms with E-state index in [1.165, 1.54) is 18.7 Å². The van der Waals surface area contributed by atoms with E-state index >= 15 is 0 Å². The van der Waals surface area contributed by atoms with E-state index in [2.05, 4.69) is 23.7 Å². The number of hydrogen-bond donors (Lipinski definition) is 1. The van der Waals surface area contributed by atoms with Crippen molar-refractivity contribution in [3.05, 3.63) is 23.6 Å². The number of anilines is 1. The van der Waals surface area contributed by atoms with Crippen LogP contribution in [0.25, 0.3) is 0 Å². The molecule has 0 aromatic carbocycles. The van der Waals surface area contributed by atoms with E-state index in [9.17, 15) is 4.39 Å².